The summed E-state index contributed by atoms with van der Waals surface area (Å²) in [6.07, 6.45) is 5.36. The summed E-state index contributed by atoms with van der Waals surface area (Å²) in [5.74, 6) is 1.79. The molecule has 1 aliphatic heterocycles. The van der Waals surface area contributed by atoms with Crippen molar-refractivity contribution in [2.24, 2.45) is 11.8 Å². The van der Waals surface area contributed by atoms with Crippen LogP contribution in [0.15, 0.2) is 35.4 Å². The van der Waals surface area contributed by atoms with Gasteiger partial charge in [0.15, 0.2) is 5.65 Å². The van der Waals surface area contributed by atoms with Gasteiger partial charge in [0.2, 0.25) is 0 Å². The van der Waals surface area contributed by atoms with Gasteiger partial charge in [0.1, 0.15) is 22.9 Å². The lowest BCUT2D eigenvalue weighted by molar-refractivity contribution is 0.0952. The van der Waals surface area contributed by atoms with Crippen molar-refractivity contribution in [3.63, 3.8) is 0 Å². The number of fused-ring (bicyclic) bond motifs is 2. The van der Waals surface area contributed by atoms with Crippen molar-refractivity contribution in [1.29, 1.82) is 0 Å². The Hall–Kier alpha value is -3.40. The number of nitrogens with zero attached hydrogens (tertiary/aromatic N) is 4. The van der Waals surface area contributed by atoms with Gasteiger partial charge in [-0.2, -0.15) is 9.61 Å². The number of amides is 1. The van der Waals surface area contributed by atoms with Gasteiger partial charge in [0.25, 0.3) is 11.5 Å². The predicted octanol–water partition coefficient (Wildman–Crippen LogP) is 1.39. The summed E-state index contributed by atoms with van der Waals surface area (Å²) in [7, 11) is 1.77. The molecule has 1 unspecified atom stereocenters. The number of hydrogen-bond acceptors (Lipinski definition) is 7. The third-order valence-corrected chi connectivity index (χ3v) is 6.35. The summed E-state index contributed by atoms with van der Waals surface area (Å²) in [5, 5.41) is 13.5. The van der Waals surface area contributed by atoms with Crippen LogP contribution in [-0.2, 0) is 4.74 Å². The highest BCUT2D eigenvalue weighted by molar-refractivity contribution is 6.00. The number of carbonyl (C=O) groups is 1. The summed E-state index contributed by atoms with van der Waals surface area (Å²) < 4.78 is 8.83. The first-order valence-corrected chi connectivity index (χ1v) is 10.6. The Morgan fingerprint density at radius 1 is 1.26 bits per heavy atom. The smallest absolute Gasteiger partial charge is 0.274 e. The van der Waals surface area contributed by atoms with Gasteiger partial charge in [-0.25, -0.2) is 4.98 Å². The summed E-state index contributed by atoms with van der Waals surface area (Å²) in [6.45, 7) is 1.44. The Labute approximate surface area is 177 Å². The Morgan fingerprint density at radius 3 is 2.81 bits per heavy atom. The van der Waals surface area contributed by atoms with Gasteiger partial charge in [-0.3, -0.25) is 9.59 Å². The number of hydrogen-bond donors (Lipinski definition) is 3. The molecule has 0 aromatic carbocycles. The second kappa shape index (κ2) is 6.81. The van der Waals surface area contributed by atoms with Crippen molar-refractivity contribution in [3.05, 3.63) is 46.5 Å². The molecule has 4 heterocycles. The molecule has 10 heteroatoms. The van der Waals surface area contributed by atoms with Crippen LogP contribution in [0.5, 0.6) is 0 Å². The maximum Gasteiger partial charge on any atom is 0.274 e. The maximum absolute atomic E-state index is 13.1. The van der Waals surface area contributed by atoms with Crippen LogP contribution in [0.25, 0.3) is 5.65 Å². The van der Waals surface area contributed by atoms with Crippen molar-refractivity contribution in [2.75, 3.05) is 30.9 Å². The van der Waals surface area contributed by atoms with Crippen LogP contribution in [0.4, 0.5) is 17.3 Å². The molecule has 3 aromatic heterocycles. The standard InChI is InChI=1S/C21H23N7O3/c1-22-17-7-16(26-19-12(8-23-28(17)19)20(29)24-11-4-5-11)25-15-3-2-6-27(21(15)30)18-13-9-31-10-14(13)18/h2-3,6-8,11,13-14,18,22H,4-5,9-10H2,1H3,(H,24,29)(H,25,26)/t13-,14+,18?. The molecule has 3 atom stereocenters. The Morgan fingerprint density at radius 2 is 2.06 bits per heavy atom. The first-order valence-electron chi connectivity index (χ1n) is 10.6. The van der Waals surface area contributed by atoms with Crippen molar-refractivity contribution in [3.8, 4) is 0 Å². The quantitative estimate of drug-likeness (QED) is 0.551. The molecule has 0 spiro atoms. The largest absolute Gasteiger partial charge is 0.381 e. The van der Waals surface area contributed by atoms with Crippen LogP contribution in [0, 0.1) is 11.8 Å². The van der Waals surface area contributed by atoms with Crippen LogP contribution in [0.3, 0.4) is 0 Å². The van der Waals surface area contributed by atoms with Crippen LogP contribution >= 0.6 is 0 Å². The number of aromatic nitrogens is 4. The molecule has 0 radical (unpaired) electrons. The minimum absolute atomic E-state index is 0.0882. The van der Waals surface area contributed by atoms with E-state index in [0.717, 1.165) is 26.1 Å². The molecule has 3 aromatic rings. The number of anilines is 3. The van der Waals surface area contributed by atoms with Crippen LogP contribution in [0.1, 0.15) is 29.2 Å². The van der Waals surface area contributed by atoms with Gasteiger partial charge < -0.3 is 25.3 Å². The van der Waals surface area contributed by atoms with Crippen LogP contribution < -0.4 is 21.5 Å². The van der Waals surface area contributed by atoms with E-state index < -0.39 is 0 Å². The van der Waals surface area contributed by atoms with Gasteiger partial charge in [0.05, 0.1) is 19.4 Å². The van der Waals surface area contributed by atoms with Crippen molar-refractivity contribution in [1.82, 2.24) is 24.5 Å². The third kappa shape index (κ3) is 3.05. The first kappa shape index (κ1) is 18.4. The average molecular weight is 421 g/mol. The van der Waals surface area contributed by atoms with Gasteiger partial charge >= 0.3 is 0 Å². The van der Waals surface area contributed by atoms with E-state index in [4.69, 9.17) is 4.74 Å². The molecule has 2 aliphatic carbocycles. The minimum atomic E-state index is -0.186. The highest BCUT2D eigenvalue weighted by Crippen LogP contribution is 2.53. The molecule has 1 saturated heterocycles. The summed E-state index contributed by atoms with van der Waals surface area (Å²) in [5.41, 5.74) is 1.19. The van der Waals surface area contributed by atoms with Gasteiger partial charge in [0, 0.05) is 43.2 Å². The number of carbonyl (C=O) groups excluding carboxylic acids is 1. The monoisotopic (exact) mass is 421 g/mol. The molecule has 3 aliphatic rings. The number of rotatable bonds is 6. The van der Waals surface area contributed by atoms with Gasteiger partial charge in [-0.1, -0.05) is 0 Å². The maximum atomic E-state index is 13.1. The lowest BCUT2D eigenvalue weighted by Crippen LogP contribution is -2.25. The summed E-state index contributed by atoms with van der Waals surface area (Å²) >= 11 is 0. The molecule has 1 amide bonds. The summed E-state index contributed by atoms with van der Waals surface area (Å²) in [6, 6.07) is 5.82. The van der Waals surface area contributed by atoms with E-state index in [-0.39, 0.29) is 23.6 Å². The zero-order chi connectivity index (χ0) is 21.1. The highest BCUT2D eigenvalue weighted by Gasteiger charge is 2.55. The summed E-state index contributed by atoms with van der Waals surface area (Å²) in [4.78, 5) is 30.3. The van der Waals surface area contributed by atoms with Crippen molar-refractivity contribution >= 4 is 28.9 Å². The van der Waals surface area contributed by atoms with E-state index in [2.05, 4.69) is 26.0 Å². The molecule has 10 nitrogen and oxygen atoms in total. The van der Waals surface area contributed by atoms with E-state index in [1.807, 2.05) is 12.3 Å². The van der Waals surface area contributed by atoms with E-state index in [1.54, 1.807) is 28.3 Å². The highest BCUT2D eigenvalue weighted by atomic mass is 16.5. The molecule has 3 N–H and O–H groups in total. The Balaban J connectivity index is 1.34. The van der Waals surface area contributed by atoms with Gasteiger partial charge in [-0.15, -0.1) is 0 Å². The van der Waals surface area contributed by atoms with Crippen molar-refractivity contribution in [2.45, 2.75) is 24.9 Å². The fraction of sp³-hybridized carbons (Fsp3) is 0.429. The normalized spacial score (nSPS) is 24.1. The topological polar surface area (TPSA) is 115 Å². The minimum Gasteiger partial charge on any atom is -0.381 e. The fourth-order valence-corrected chi connectivity index (χ4v) is 4.46. The zero-order valence-electron chi connectivity index (χ0n) is 17.0. The zero-order valence-corrected chi connectivity index (χ0v) is 17.0. The molecule has 3 fully saturated rings. The Kier molecular flexibility index (Phi) is 4.04. The second-order valence-electron chi connectivity index (χ2n) is 8.43. The molecule has 31 heavy (non-hydrogen) atoms. The molecule has 6 rings (SSSR count). The van der Waals surface area contributed by atoms with Crippen LogP contribution in [-0.4, -0.2) is 51.4 Å². The predicted molar refractivity (Wildman–Crippen MR) is 114 cm³/mol. The number of pyridine rings is 1. The van der Waals surface area contributed by atoms with Gasteiger partial charge in [-0.05, 0) is 25.0 Å². The lowest BCUT2D eigenvalue weighted by atomic mass is 10.3. The first-order chi connectivity index (χ1) is 15.1. The fourth-order valence-electron chi connectivity index (χ4n) is 4.46. The van der Waals surface area contributed by atoms with E-state index in [1.165, 1.54) is 6.20 Å². The SMILES string of the molecule is CNc1cc(Nc2cccn(C3[C@H]4COC[C@@H]34)c2=O)nc2c(C(=O)NC3CC3)cnn12. The second-order valence-corrected chi connectivity index (χ2v) is 8.43. The average Bonchev–Trinajstić information content (AvgIpc) is 3.60. The molecule has 2 saturated carbocycles. The van der Waals surface area contributed by atoms with E-state index >= 15 is 0 Å². The molecule has 160 valence electrons. The molecular formula is C21H23N7O3. The Bertz CT molecular complexity index is 1240. The molecule has 0 bridgehead atoms. The van der Waals surface area contributed by atoms with Crippen molar-refractivity contribution < 1.29 is 9.53 Å². The number of nitrogens with one attached hydrogen (secondary N) is 3. The number of ether oxygens (including phenoxy) is 1. The van der Waals surface area contributed by atoms with E-state index in [9.17, 15) is 9.59 Å². The molecular weight excluding hydrogens is 398 g/mol. The third-order valence-electron chi connectivity index (χ3n) is 6.35. The van der Waals surface area contributed by atoms with Crippen LogP contribution in [0.2, 0.25) is 0 Å². The lowest BCUT2D eigenvalue weighted by Gasteiger charge is -2.13. The van der Waals surface area contributed by atoms with E-state index in [0.29, 0.717) is 40.4 Å².